The molecule has 2 aromatic rings. The molecule has 3 rings (SSSR count). The molecule has 1 aromatic carbocycles. The van der Waals surface area contributed by atoms with Crippen molar-refractivity contribution in [1.82, 2.24) is 15.6 Å². The van der Waals surface area contributed by atoms with Crippen LogP contribution in [0.4, 0.5) is 14.5 Å². The minimum absolute atomic E-state index is 0.0362. The molecule has 1 atom stereocenters. The van der Waals surface area contributed by atoms with Gasteiger partial charge in [0.2, 0.25) is 5.88 Å². The number of pyridine rings is 1. The Morgan fingerprint density at radius 3 is 2.70 bits per heavy atom. The molecule has 27 heavy (non-hydrogen) atoms. The van der Waals surface area contributed by atoms with Crippen LogP contribution < -0.4 is 20.3 Å². The lowest BCUT2D eigenvalue weighted by molar-refractivity contribution is 0.397. The summed E-state index contributed by atoms with van der Waals surface area (Å²) in [5.41, 5.74) is 1.02. The molecular weight excluding hydrogens is 352 g/mol. The van der Waals surface area contributed by atoms with Gasteiger partial charge in [0.25, 0.3) is 0 Å². The molecule has 0 radical (unpaired) electrons. The molecule has 0 aliphatic carbocycles. The Morgan fingerprint density at radius 2 is 2.07 bits per heavy atom. The molecule has 0 amide bonds. The van der Waals surface area contributed by atoms with Gasteiger partial charge in [-0.2, -0.15) is 0 Å². The maximum absolute atomic E-state index is 14.0. The van der Waals surface area contributed by atoms with Crippen LogP contribution in [0.3, 0.4) is 0 Å². The van der Waals surface area contributed by atoms with Crippen LogP contribution in [0.25, 0.3) is 0 Å². The number of guanidine groups is 1. The van der Waals surface area contributed by atoms with Gasteiger partial charge in [-0.15, -0.1) is 0 Å². The normalized spacial score (nSPS) is 17.1. The smallest absolute Gasteiger partial charge is 0.212 e. The van der Waals surface area contributed by atoms with Crippen LogP contribution in [0.5, 0.6) is 5.88 Å². The van der Waals surface area contributed by atoms with Crippen molar-refractivity contribution in [3.8, 4) is 5.88 Å². The molecule has 1 saturated heterocycles. The van der Waals surface area contributed by atoms with E-state index < -0.39 is 11.6 Å². The topological polar surface area (TPSA) is 61.8 Å². The van der Waals surface area contributed by atoms with E-state index in [1.165, 1.54) is 18.2 Å². The number of rotatable bonds is 5. The van der Waals surface area contributed by atoms with Crippen molar-refractivity contribution >= 4 is 11.6 Å². The molecule has 8 heteroatoms. The monoisotopic (exact) mass is 375 g/mol. The molecular formula is C19H23F2N5O. The SMILES string of the molecule is CN=C(NCc1ccc(OC)nc1)NC1CCN(c2c(F)cccc2F)C1. The number of nitrogens with zero attached hydrogens (tertiary/aromatic N) is 3. The molecule has 1 aliphatic rings. The number of halogens is 2. The zero-order valence-electron chi connectivity index (χ0n) is 15.4. The predicted molar refractivity (Wildman–Crippen MR) is 101 cm³/mol. The largest absolute Gasteiger partial charge is 0.481 e. The summed E-state index contributed by atoms with van der Waals surface area (Å²) in [4.78, 5) is 10.1. The van der Waals surface area contributed by atoms with Gasteiger partial charge in [-0.1, -0.05) is 12.1 Å². The summed E-state index contributed by atoms with van der Waals surface area (Å²) in [6.45, 7) is 1.63. The summed E-state index contributed by atoms with van der Waals surface area (Å²) in [7, 11) is 3.26. The maximum Gasteiger partial charge on any atom is 0.212 e. The van der Waals surface area contributed by atoms with Crippen molar-refractivity contribution in [2.45, 2.75) is 19.0 Å². The number of hydrogen-bond donors (Lipinski definition) is 2. The second-order valence-electron chi connectivity index (χ2n) is 6.28. The lowest BCUT2D eigenvalue weighted by Gasteiger charge is -2.21. The molecule has 0 bridgehead atoms. The number of anilines is 1. The van der Waals surface area contributed by atoms with E-state index in [1.54, 1.807) is 31.3 Å². The molecule has 144 valence electrons. The lowest BCUT2D eigenvalue weighted by atomic mass is 10.2. The van der Waals surface area contributed by atoms with Gasteiger partial charge >= 0.3 is 0 Å². The average Bonchev–Trinajstić information content (AvgIpc) is 3.13. The van der Waals surface area contributed by atoms with E-state index in [1.807, 2.05) is 6.07 Å². The third-order valence-electron chi connectivity index (χ3n) is 4.47. The second-order valence-corrected chi connectivity index (χ2v) is 6.28. The summed E-state index contributed by atoms with van der Waals surface area (Å²) in [5.74, 6) is 0.120. The van der Waals surface area contributed by atoms with Crippen molar-refractivity contribution in [3.05, 3.63) is 53.7 Å². The summed E-state index contributed by atoms with van der Waals surface area (Å²) in [5, 5.41) is 6.52. The minimum atomic E-state index is -0.537. The summed E-state index contributed by atoms with van der Waals surface area (Å²) >= 11 is 0. The molecule has 1 aliphatic heterocycles. The number of aliphatic imine (C=N–C) groups is 1. The van der Waals surface area contributed by atoms with E-state index in [0.29, 0.717) is 31.5 Å². The highest BCUT2D eigenvalue weighted by Crippen LogP contribution is 2.26. The molecule has 1 aromatic heterocycles. The van der Waals surface area contributed by atoms with Gasteiger partial charge < -0.3 is 20.3 Å². The standard InChI is InChI=1S/C19H23F2N5O/c1-22-19(24-11-13-6-7-17(27-2)23-10-13)25-14-8-9-26(12-14)18-15(20)4-3-5-16(18)21/h3-7,10,14H,8-9,11-12H2,1-2H3,(H2,22,24,25). The van der Waals surface area contributed by atoms with Crippen molar-refractivity contribution in [2.75, 3.05) is 32.1 Å². The highest BCUT2D eigenvalue weighted by atomic mass is 19.1. The molecule has 1 fully saturated rings. The van der Waals surface area contributed by atoms with Crippen LogP contribution in [0.1, 0.15) is 12.0 Å². The van der Waals surface area contributed by atoms with E-state index >= 15 is 0 Å². The van der Waals surface area contributed by atoms with Gasteiger partial charge in [0.1, 0.15) is 17.3 Å². The third kappa shape index (κ3) is 4.64. The van der Waals surface area contributed by atoms with Gasteiger partial charge in [0.05, 0.1) is 7.11 Å². The molecule has 0 spiro atoms. The fraction of sp³-hybridized carbons (Fsp3) is 0.368. The van der Waals surface area contributed by atoms with Crippen LogP contribution in [-0.4, -0.2) is 44.2 Å². The number of para-hydroxylation sites is 1. The van der Waals surface area contributed by atoms with Gasteiger partial charge in [0, 0.05) is 45.0 Å². The van der Waals surface area contributed by atoms with Gasteiger partial charge in [-0.05, 0) is 24.1 Å². The molecule has 2 N–H and O–H groups in total. The zero-order chi connectivity index (χ0) is 19.2. The molecule has 6 nitrogen and oxygen atoms in total. The predicted octanol–water partition coefficient (Wildman–Crippen LogP) is 2.31. The maximum atomic E-state index is 14.0. The number of aromatic nitrogens is 1. The van der Waals surface area contributed by atoms with Crippen LogP contribution in [0.2, 0.25) is 0 Å². The van der Waals surface area contributed by atoms with Crippen LogP contribution in [-0.2, 0) is 6.54 Å². The van der Waals surface area contributed by atoms with Crippen LogP contribution in [0, 0.1) is 11.6 Å². The van der Waals surface area contributed by atoms with E-state index in [0.717, 1.165) is 12.0 Å². The van der Waals surface area contributed by atoms with E-state index in [-0.39, 0.29) is 11.7 Å². The Morgan fingerprint density at radius 1 is 1.30 bits per heavy atom. The van der Waals surface area contributed by atoms with Gasteiger partial charge in [-0.25, -0.2) is 13.8 Å². The average molecular weight is 375 g/mol. The Hall–Kier alpha value is -2.90. The fourth-order valence-electron chi connectivity index (χ4n) is 3.08. The third-order valence-corrected chi connectivity index (χ3v) is 4.47. The van der Waals surface area contributed by atoms with E-state index in [2.05, 4.69) is 20.6 Å². The van der Waals surface area contributed by atoms with Gasteiger partial charge in [-0.3, -0.25) is 4.99 Å². The van der Waals surface area contributed by atoms with E-state index in [9.17, 15) is 8.78 Å². The number of nitrogens with one attached hydrogen (secondary N) is 2. The zero-order valence-corrected chi connectivity index (χ0v) is 15.4. The fourth-order valence-corrected chi connectivity index (χ4v) is 3.08. The molecule has 2 heterocycles. The lowest BCUT2D eigenvalue weighted by Crippen LogP contribution is -2.44. The number of methoxy groups -OCH3 is 1. The molecule has 1 unspecified atom stereocenters. The Balaban J connectivity index is 1.54. The van der Waals surface area contributed by atoms with Crippen molar-refractivity contribution < 1.29 is 13.5 Å². The summed E-state index contributed by atoms with van der Waals surface area (Å²) in [6, 6.07) is 7.70. The number of ether oxygens (including phenoxy) is 1. The van der Waals surface area contributed by atoms with Crippen molar-refractivity contribution in [3.63, 3.8) is 0 Å². The first-order valence-electron chi connectivity index (χ1n) is 8.75. The first-order valence-corrected chi connectivity index (χ1v) is 8.75. The minimum Gasteiger partial charge on any atom is -0.481 e. The van der Waals surface area contributed by atoms with E-state index in [4.69, 9.17) is 4.74 Å². The Bertz CT molecular complexity index is 777. The highest BCUT2D eigenvalue weighted by Gasteiger charge is 2.27. The summed E-state index contributed by atoms with van der Waals surface area (Å²) in [6.07, 6.45) is 2.50. The van der Waals surface area contributed by atoms with Crippen LogP contribution >= 0.6 is 0 Å². The highest BCUT2D eigenvalue weighted by molar-refractivity contribution is 5.80. The first-order chi connectivity index (χ1) is 13.1. The van der Waals surface area contributed by atoms with Crippen molar-refractivity contribution in [1.29, 1.82) is 0 Å². The van der Waals surface area contributed by atoms with Gasteiger partial charge in [0.15, 0.2) is 5.96 Å². The molecule has 0 saturated carbocycles. The summed E-state index contributed by atoms with van der Waals surface area (Å²) < 4.78 is 33.0. The first kappa shape index (κ1) is 18.9. The van der Waals surface area contributed by atoms with Crippen LogP contribution in [0.15, 0.2) is 41.5 Å². The quantitative estimate of drug-likeness (QED) is 0.620. The second kappa shape index (κ2) is 8.66. The number of benzene rings is 1. The Labute approximate surface area is 157 Å². The van der Waals surface area contributed by atoms with Crippen molar-refractivity contribution in [2.24, 2.45) is 4.99 Å². The number of hydrogen-bond acceptors (Lipinski definition) is 4. The Kier molecular flexibility index (Phi) is 6.05.